The molecule has 2 rings (SSSR count). The van der Waals surface area contributed by atoms with Gasteiger partial charge in [-0.1, -0.05) is 66.5 Å². The van der Waals surface area contributed by atoms with Crippen LogP contribution < -0.4 is 5.32 Å². The first kappa shape index (κ1) is 18.2. The third-order valence-corrected chi connectivity index (χ3v) is 5.15. The van der Waals surface area contributed by atoms with Crippen molar-refractivity contribution in [2.45, 2.75) is 25.1 Å². The normalized spacial score (nSPS) is 12.0. The Morgan fingerprint density at radius 3 is 2.35 bits per heavy atom. The van der Waals surface area contributed by atoms with Crippen LogP contribution in [0.15, 0.2) is 48.5 Å². The summed E-state index contributed by atoms with van der Waals surface area (Å²) in [6.45, 7) is 2.06. The van der Waals surface area contributed by atoms with E-state index in [0.717, 1.165) is 17.5 Å². The molecule has 2 aromatic rings. The first-order chi connectivity index (χ1) is 11.1. The zero-order chi connectivity index (χ0) is 16.7. The Morgan fingerprint density at radius 1 is 1.09 bits per heavy atom. The maximum absolute atomic E-state index is 12.1. The Morgan fingerprint density at radius 2 is 1.74 bits per heavy atom. The minimum Gasteiger partial charge on any atom is -0.349 e. The molecule has 0 saturated carbocycles. The molecule has 2 aromatic carbocycles. The van der Waals surface area contributed by atoms with Gasteiger partial charge in [-0.3, -0.25) is 4.79 Å². The number of carbonyl (C=O) groups excluding carboxylic acids is 1. The summed E-state index contributed by atoms with van der Waals surface area (Å²) >= 11 is 13.8. The van der Waals surface area contributed by atoms with Crippen molar-refractivity contribution >= 4 is 40.9 Å². The molecule has 1 unspecified atom stereocenters. The topological polar surface area (TPSA) is 29.1 Å². The van der Waals surface area contributed by atoms with Crippen molar-refractivity contribution in [2.75, 3.05) is 5.75 Å². The molecule has 1 atom stereocenters. The zero-order valence-corrected chi connectivity index (χ0v) is 15.2. The van der Waals surface area contributed by atoms with E-state index in [1.165, 1.54) is 11.8 Å². The van der Waals surface area contributed by atoms with E-state index in [1.807, 2.05) is 48.5 Å². The summed E-state index contributed by atoms with van der Waals surface area (Å²) in [4.78, 5) is 12.1. The lowest BCUT2D eigenvalue weighted by Crippen LogP contribution is -2.29. The van der Waals surface area contributed by atoms with E-state index in [0.29, 0.717) is 21.6 Å². The van der Waals surface area contributed by atoms with Crippen molar-refractivity contribution < 1.29 is 4.79 Å². The molecule has 0 spiro atoms. The second-order valence-corrected chi connectivity index (χ2v) is 6.93. The number of amides is 1. The summed E-state index contributed by atoms with van der Waals surface area (Å²) in [5, 5.41) is 4.35. The lowest BCUT2D eigenvalue weighted by Gasteiger charge is -2.17. The van der Waals surface area contributed by atoms with Gasteiger partial charge in [0.15, 0.2) is 0 Å². The number of halogens is 2. The van der Waals surface area contributed by atoms with Crippen LogP contribution in [-0.4, -0.2) is 11.7 Å². The number of benzene rings is 2. The molecule has 2 nitrogen and oxygen atoms in total. The molecule has 5 heteroatoms. The van der Waals surface area contributed by atoms with Crippen LogP contribution in [0.25, 0.3) is 0 Å². The van der Waals surface area contributed by atoms with Gasteiger partial charge < -0.3 is 5.32 Å². The summed E-state index contributed by atoms with van der Waals surface area (Å²) in [6, 6.07) is 15.5. The Bertz CT molecular complexity index is 628. The Kier molecular flexibility index (Phi) is 7.28. The summed E-state index contributed by atoms with van der Waals surface area (Å²) in [5.41, 5.74) is 2.01. The molecular formula is C18H19Cl2NOS. The Balaban J connectivity index is 1.85. The highest BCUT2D eigenvalue weighted by Crippen LogP contribution is 2.28. The predicted octanol–water partition coefficient (Wildman–Crippen LogP) is 5.49. The Hall–Kier alpha value is -1.16. The van der Waals surface area contributed by atoms with Crippen molar-refractivity contribution in [3.8, 4) is 0 Å². The van der Waals surface area contributed by atoms with Crippen LogP contribution in [-0.2, 0) is 10.5 Å². The molecule has 0 aliphatic rings. The van der Waals surface area contributed by atoms with Gasteiger partial charge in [0.05, 0.1) is 11.8 Å². The highest BCUT2D eigenvalue weighted by atomic mass is 35.5. The van der Waals surface area contributed by atoms with Crippen LogP contribution in [0.5, 0.6) is 0 Å². The highest BCUT2D eigenvalue weighted by molar-refractivity contribution is 7.99. The Labute approximate surface area is 151 Å². The molecule has 0 aliphatic heterocycles. The lowest BCUT2D eigenvalue weighted by molar-refractivity contribution is -0.119. The molecule has 0 radical (unpaired) electrons. The largest absolute Gasteiger partial charge is 0.349 e. The molecule has 1 N–H and O–H groups in total. The SMILES string of the molecule is CCC(NC(=O)CSCc1c(Cl)cccc1Cl)c1ccccc1. The average molecular weight is 368 g/mol. The average Bonchev–Trinajstić information content (AvgIpc) is 2.56. The zero-order valence-electron chi connectivity index (χ0n) is 12.9. The van der Waals surface area contributed by atoms with Gasteiger partial charge in [-0.15, -0.1) is 11.8 Å². The lowest BCUT2D eigenvalue weighted by atomic mass is 10.0. The molecule has 0 aromatic heterocycles. The van der Waals surface area contributed by atoms with Crippen LogP contribution >= 0.6 is 35.0 Å². The van der Waals surface area contributed by atoms with Gasteiger partial charge in [0.25, 0.3) is 0 Å². The van der Waals surface area contributed by atoms with Crippen molar-refractivity contribution in [2.24, 2.45) is 0 Å². The maximum Gasteiger partial charge on any atom is 0.230 e. The summed E-state index contributed by atoms with van der Waals surface area (Å²) in [7, 11) is 0. The van der Waals surface area contributed by atoms with E-state index < -0.39 is 0 Å². The van der Waals surface area contributed by atoms with Crippen molar-refractivity contribution in [3.63, 3.8) is 0 Å². The number of rotatable bonds is 7. The van der Waals surface area contributed by atoms with E-state index in [9.17, 15) is 4.79 Å². The van der Waals surface area contributed by atoms with E-state index in [2.05, 4.69) is 12.2 Å². The smallest absolute Gasteiger partial charge is 0.230 e. The quantitative estimate of drug-likeness (QED) is 0.700. The fraction of sp³-hybridized carbons (Fsp3) is 0.278. The molecule has 0 bridgehead atoms. The standard InChI is InChI=1S/C18H19Cl2NOS/c1-2-17(13-7-4-3-5-8-13)21-18(22)12-23-11-14-15(19)9-6-10-16(14)20/h3-10,17H,2,11-12H2,1H3,(H,21,22). The molecule has 0 heterocycles. The van der Waals surface area contributed by atoms with Crippen LogP contribution in [0.1, 0.15) is 30.5 Å². The second-order valence-electron chi connectivity index (χ2n) is 5.13. The maximum atomic E-state index is 12.1. The number of thioether (sulfide) groups is 1. The van der Waals surface area contributed by atoms with E-state index in [-0.39, 0.29) is 11.9 Å². The summed E-state index contributed by atoms with van der Waals surface area (Å²) in [5.74, 6) is 1.02. The molecule has 1 amide bonds. The fourth-order valence-corrected chi connectivity index (χ4v) is 3.83. The van der Waals surface area contributed by atoms with Gasteiger partial charge in [-0.05, 0) is 29.7 Å². The van der Waals surface area contributed by atoms with Gasteiger partial charge >= 0.3 is 0 Å². The molecule has 0 fully saturated rings. The third kappa shape index (κ3) is 5.45. The molecule has 122 valence electrons. The van der Waals surface area contributed by atoms with E-state index in [4.69, 9.17) is 23.2 Å². The molecule has 0 aliphatic carbocycles. The van der Waals surface area contributed by atoms with Gasteiger partial charge in [-0.25, -0.2) is 0 Å². The van der Waals surface area contributed by atoms with Crippen LogP contribution in [0.4, 0.5) is 0 Å². The minimum atomic E-state index is 0.0221. The number of carbonyl (C=O) groups is 1. The van der Waals surface area contributed by atoms with Crippen LogP contribution in [0, 0.1) is 0 Å². The van der Waals surface area contributed by atoms with Crippen LogP contribution in [0.3, 0.4) is 0 Å². The number of hydrogen-bond acceptors (Lipinski definition) is 2. The molecule has 23 heavy (non-hydrogen) atoms. The first-order valence-corrected chi connectivity index (χ1v) is 9.37. The van der Waals surface area contributed by atoms with Crippen molar-refractivity contribution in [1.82, 2.24) is 5.32 Å². The minimum absolute atomic E-state index is 0.0221. The summed E-state index contributed by atoms with van der Waals surface area (Å²) in [6.07, 6.45) is 0.858. The number of nitrogens with one attached hydrogen (secondary N) is 1. The van der Waals surface area contributed by atoms with Crippen molar-refractivity contribution in [3.05, 3.63) is 69.7 Å². The van der Waals surface area contributed by atoms with Gasteiger partial charge in [0.1, 0.15) is 0 Å². The molecular weight excluding hydrogens is 349 g/mol. The highest BCUT2D eigenvalue weighted by Gasteiger charge is 2.13. The molecule has 0 saturated heterocycles. The van der Waals surface area contributed by atoms with Crippen molar-refractivity contribution in [1.29, 1.82) is 0 Å². The van der Waals surface area contributed by atoms with Gasteiger partial charge in [-0.2, -0.15) is 0 Å². The number of hydrogen-bond donors (Lipinski definition) is 1. The first-order valence-electron chi connectivity index (χ1n) is 7.46. The monoisotopic (exact) mass is 367 g/mol. The second kappa shape index (κ2) is 9.21. The van der Waals surface area contributed by atoms with Gasteiger partial charge in [0, 0.05) is 15.8 Å². The van der Waals surface area contributed by atoms with Crippen LogP contribution in [0.2, 0.25) is 10.0 Å². The summed E-state index contributed by atoms with van der Waals surface area (Å²) < 4.78 is 0. The van der Waals surface area contributed by atoms with E-state index in [1.54, 1.807) is 0 Å². The fourth-order valence-electron chi connectivity index (χ4n) is 2.26. The third-order valence-electron chi connectivity index (χ3n) is 3.49. The van der Waals surface area contributed by atoms with E-state index >= 15 is 0 Å². The predicted molar refractivity (Wildman–Crippen MR) is 100 cm³/mol. The van der Waals surface area contributed by atoms with Gasteiger partial charge in [0.2, 0.25) is 5.91 Å².